The summed E-state index contributed by atoms with van der Waals surface area (Å²) in [4.78, 5) is 0. The summed E-state index contributed by atoms with van der Waals surface area (Å²) in [5.74, 6) is 0.569. The lowest BCUT2D eigenvalue weighted by Crippen LogP contribution is -2.06. The zero-order chi connectivity index (χ0) is 10.6. The number of rotatable bonds is 0. The van der Waals surface area contributed by atoms with Gasteiger partial charge in [0.25, 0.3) is 0 Å². The molecule has 3 heteroatoms. The molecular weight excluding hydrogens is 201 g/mol. The first-order valence-electron chi connectivity index (χ1n) is 4.95. The minimum Gasteiger partial charge on any atom is -0.166 e. The molecule has 0 radical (unpaired) electrons. The summed E-state index contributed by atoms with van der Waals surface area (Å²) in [7, 11) is 0. The van der Waals surface area contributed by atoms with Crippen LogP contribution >= 0.6 is 0 Å². The SMILES string of the molecule is FC(F)(F)c1ccc2c(c1)[C@H]1C=C[C@H]2C1. The molecule has 2 aliphatic carbocycles. The van der Waals surface area contributed by atoms with Crippen LogP contribution in [0.15, 0.2) is 30.4 Å². The molecule has 78 valence electrons. The predicted octanol–water partition coefficient (Wildman–Crippen LogP) is 3.85. The Morgan fingerprint density at radius 1 is 1.00 bits per heavy atom. The molecule has 0 fully saturated rings. The molecule has 0 aliphatic heterocycles. The highest BCUT2D eigenvalue weighted by Crippen LogP contribution is 2.49. The quantitative estimate of drug-likeness (QED) is 0.570. The molecular formula is C12H9F3. The van der Waals surface area contributed by atoms with Crippen LogP contribution in [0.1, 0.15) is 34.9 Å². The van der Waals surface area contributed by atoms with Crippen molar-refractivity contribution in [2.24, 2.45) is 0 Å². The van der Waals surface area contributed by atoms with Crippen LogP contribution in [-0.2, 0) is 6.18 Å². The van der Waals surface area contributed by atoms with Gasteiger partial charge in [0.2, 0.25) is 0 Å². The third-order valence-electron chi connectivity index (χ3n) is 3.30. The van der Waals surface area contributed by atoms with E-state index in [1.165, 1.54) is 12.1 Å². The molecule has 2 aliphatic rings. The van der Waals surface area contributed by atoms with Crippen LogP contribution in [0.5, 0.6) is 0 Å². The number of hydrogen-bond donors (Lipinski definition) is 0. The maximum atomic E-state index is 12.5. The number of alkyl halides is 3. The molecule has 0 unspecified atom stereocenters. The highest BCUT2D eigenvalue weighted by atomic mass is 19.4. The average Bonchev–Trinajstić information content (AvgIpc) is 2.76. The first-order chi connectivity index (χ1) is 7.05. The molecule has 15 heavy (non-hydrogen) atoms. The zero-order valence-electron chi connectivity index (χ0n) is 7.88. The summed E-state index contributed by atoms with van der Waals surface area (Å²) in [5, 5.41) is 0. The lowest BCUT2D eigenvalue weighted by molar-refractivity contribution is -0.137. The van der Waals surface area contributed by atoms with Gasteiger partial charge < -0.3 is 0 Å². The van der Waals surface area contributed by atoms with E-state index in [0.717, 1.165) is 17.5 Å². The predicted molar refractivity (Wildman–Crippen MR) is 50.7 cm³/mol. The van der Waals surface area contributed by atoms with Gasteiger partial charge in [-0.25, -0.2) is 0 Å². The minimum absolute atomic E-state index is 0.215. The zero-order valence-corrected chi connectivity index (χ0v) is 7.88. The van der Waals surface area contributed by atoms with Gasteiger partial charge in [-0.05, 0) is 29.7 Å². The van der Waals surface area contributed by atoms with Gasteiger partial charge in [-0.15, -0.1) is 0 Å². The van der Waals surface area contributed by atoms with E-state index in [0.29, 0.717) is 5.92 Å². The fraction of sp³-hybridized carbons (Fsp3) is 0.333. The maximum absolute atomic E-state index is 12.5. The van der Waals surface area contributed by atoms with Crippen molar-refractivity contribution in [1.82, 2.24) is 0 Å². The molecule has 0 saturated carbocycles. The maximum Gasteiger partial charge on any atom is 0.416 e. The van der Waals surface area contributed by atoms with Crippen molar-refractivity contribution >= 4 is 0 Å². The highest BCUT2D eigenvalue weighted by molar-refractivity contribution is 5.49. The van der Waals surface area contributed by atoms with Gasteiger partial charge in [-0.2, -0.15) is 13.2 Å². The van der Waals surface area contributed by atoms with Crippen LogP contribution in [0, 0.1) is 0 Å². The van der Waals surface area contributed by atoms with E-state index < -0.39 is 11.7 Å². The fourth-order valence-corrected chi connectivity index (χ4v) is 2.57. The lowest BCUT2D eigenvalue weighted by Gasteiger charge is -2.13. The normalized spacial score (nSPS) is 27.1. The Balaban J connectivity index is 2.10. The molecule has 1 aromatic carbocycles. The highest BCUT2D eigenvalue weighted by Gasteiger charge is 2.36. The van der Waals surface area contributed by atoms with Crippen molar-refractivity contribution < 1.29 is 13.2 Å². The first-order valence-corrected chi connectivity index (χ1v) is 4.95. The Kier molecular flexibility index (Phi) is 1.59. The summed E-state index contributed by atoms with van der Waals surface area (Å²) >= 11 is 0. The molecule has 0 nitrogen and oxygen atoms in total. The van der Waals surface area contributed by atoms with Crippen LogP contribution in [0.3, 0.4) is 0 Å². The van der Waals surface area contributed by atoms with Crippen molar-refractivity contribution in [3.63, 3.8) is 0 Å². The van der Waals surface area contributed by atoms with Gasteiger partial charge in [0.15, 0.2) is 0 Å². The van der Waals surface area contributed by atoms with E-state index in [2.05, 4.69) is 6.08 Å². The Hall–Kier alpha value is -1.25. The number of halogens is 3. The summed E-state index contributed by atoms with van der Waals surface area (Å²) in [5.41, 5.74) is 1.43. The fourth-order valence-electron chi connectivity index (χ4n) is 2.57. The third kappa shape index (κ3) is 1.22. The summed E-state index contributed by atoms with van der Waals surface area (Å²) < 4.78 is 37.4. The van der Waals surface area contributed by atoms with E-state index in [-0.39, 0.29) is 5.92 Å². The van der Waals surface area contributed by atoms with Crippen LogP contribution in [0.25, 0.3) is 0 Å². The smallest absolute Gasteiger partial charge is 0.166 e. The average molecular weight is 210 g/mol. The second kappa shape index (κ2) is 2.65. The molecule has 1 aromatic rings. The van der Waals surface area contributed by atoms with Crippen molar-refractivity contribution in [1.29, 1.82) is 0 Å². The van der Waals surface area contributed by atoms with Crippen LogP contribution in [0.4, 0.5) is 13.2 Å². The van der Waals surface area contributed by atoms with Gasteiger partial charge in [-0.3, -0.25) is 0 Å². The van der Waals surface area contributed by atoms with Crippen molar-refractivity contribution in [3.05, 3.63) is 47.0 Å². The topological polar surface area (TPSA) is 0 Å². The second-order valence-electron chi connectivity index (χ2n) is 4.18. The van der Waals surface area contributed by atoms with E-state index in [4.69, 9.17) is 0 Å². The van der Waals surface area contributed by atoms with Gasteiger partial charge >= 0.3 is 6.18 Å². The molecule has 0 N–H and O–H groups in total. The van der Waals surface area contributed by atoms with Crippen molar-refractivity contribution in [2.75, 3.05) is 0 Å². The molecule has 0 spiro atoms. The van der Waals surface area contributed by atoms with E-state index in [9.17, 15) is 13.2 Å². The van der Waals surface area contributed by atoms with Crippen molar-refractivity contribution in [3.8, 4) is 0 Å². The summed E-state index contributed by atoms with van der Waals surface area (Å²) in [6.45, 7) is 0. The largest absolute Gasteiger partial charge is 0.416 e. The molecule has 3 rings (SSSR count). The molecule has 2 atom stereocenters. The van der Waals surface area contributed by atoms with E-state index >= 15 is 0 Å². The van der Waals surface area contributed by atoms with Gasteiger partial charge in [0, 0.05) is 11.8 Å². The van der Waals surface area contributed by atoms with Gasteiger partial charge in [0.05, 0.1) is 5.56 Å². The number of benzene rings is 1. The molecule has 0 saturated heterocycles. The van der Waals surface area contributed by atoms with E-state index in [1.54, 1.807) is 6.07 Å². The lowest BCUT2D eigenvalue weighted by atomic mass is 9.95. The Morgan fingerprint density at radius 3 is 2.33 bits per heavy atom. The molecule has 0 amide bonds. The third-order valence-corrected chi connectivity index (χ3v) is 3.30. The number of allylic oxidation sites excluding steroid dienone is 2. The van der Waals surface area contributed by atoms with Gasteiger partial charge in [0.1, 0.15) is 0 Å². The van der Waals surface area contributed by atoms with Gasteiger partial charge in [-0.1, -0.05) is 18.2 Å². The van der Waals surface area contributed by atoms with Crippen LogP contribution < -0.4 is 0 Å². The van der Waals surface area contributed by atoms with Crippen molar-refractivity contribution in [2.45, 2.75) is 24.4 Å². The summed E-state index contributed by atoms with van der Waals surface area (Å²) in [6.07, 6.45) is 0.852. The van der Waals surface area contributed by atoms with E-state index in [1.807, 2.05) is 6.08 Å². The minimum atomic E-state index is -4.22. The number of hydrogen-bond acceptors (Lipinski definition) is 0. The summed E-state index contributed by atoms with van der Waals surface area (Å²) in [6, 6.07) is 4.13. The van der Waals surface area contributed by atoms with Crippen LogP contribution in [0.2, 0.25) is 0 Å². The number of fused-ring (bicyclic) bond motifs is 5. The monoisotopic (exact) mass is 210 g/mol. The molecule has 2 bridgehead atoms. The Morgan fingerprint density at radius 2 is 1.67 bits per heavy atom. The Bertz CT molecular complexity index is 443. The first kappa shape index (κ1) is 9.01. The Labute approximate surface area is 85.4 Å². The van der Waals surface area contributed by atoms with Crippen LogP contribution in [-0.4, -0.2) is 0 Å². The molecule has 0 heterocycles. The second-order valence-corrected chi connectivity index (χ2v) is 4.18. The molecule has 0 aromatic heterocycles. The standard InChI is InChI=1S/C12H9F3/c13-12(14,15)9-3-4-10-7-1-2-8(5-7)11(10)6-9/h1-4,6-8H,5H2/t7-,8-/m0/s1.